The molecule has 1 atom stereocenters. The van der Waals surface area contributed by atoms with Crippen molar-refractivity contribution in [2.45, 2.75) is 26.8 Å². The van der Waals surface area contributed by atoms with E-state index in [0.717, 1.165) is 12.2 Å². The van der Waals surface area contributed by atoms with Gasteiger partial charge in [0.1, 0.15) is 6.61 Å². The summed E-state index contributed by atoms with van der Waals surface area (Å²) in [6.45, 7) is 6.72. The Hall–Kier alpha value is -2.05. The lowest BCUT2D eigenvalue weighted by Gasteiger charge is -2.22. The molecule has 0 rings (SSSR count). The lowest BCUT2D eigenvalue weighted by Crippen LogP contribution is -2.45. The molecule has 0 radical (unpaired) electrons. The van der Waals surface area contributed by atoms with Gasteiger partial charge in [0.05, 0.1) is 13.2 Å². The van der Waals surface area contributed by atoms with Crippen molar-refractivity contribution in [3.63, 3.8) is 0 Å². The zero-order valence-corrected chi connectivity index (χ0v) is 12.3. The van der Waals surface area contributed by atoms with Crippen LogP contribution in [0, 0.1) is 0 Å². The van der Waals surface area contributed by atoms with E-state index in [1.165, 1.54) is 7.11 Å². The number of carbonyl (C=O) groups is 3. The Morgan fingerprint density at radius 2 is 1.70 bits per heavy atom. The maximum atomic E-state index is 11.7. The molecular formula is C13H22N2O5. The van der Waals surface area contributed by atoms with Gasteiger partial charge in [-0.25, -0.2) is 14.4 Å². The Kier molecular flexibility index (Phi) is 8.82. The van der Waals surface area contributed by atoms with Gasteiger partial charge in [0, 0.05) is 25.2 Å². The van der Waals surface area contributed by atoms with Crippen molar-refractivity contribution in [1.29, 1.82) is 0 Å². The van der Waals surface area contributed by atoms with Gasteiger partial charge in [-0.3, -0.25) is 0 Å². The summed E-state index contributed by atoms with van der Waals surface area (Å²) in [5.41, 5.74) is 0. The third-order valence-electron chi connectivity index (χ3n) is 2.45. The maximum Gasteiger partial charge on any atom is 0.331 e. The number of urea groups is 1. The average molecular weight is 286 g/mol. The van der Waals surface area contributed by atoms with E-state index in [1.807, 2.05) is 13.8 Å². The fourth-order valence-corrected chi connectivity index (χ4v) is 1.31. The molecule has 0 fully saturated rings. The molecule has 20 heavy (non-hydrogen) atoms. The number of nitrogens with zero attached hydrogens (tertiary/aromatic N) is 1. The first-order valence-corrected chi connectivity index (χ1v) is 6.42. The Morgan fingerprint density at radius 1 is 1.15 bits per heavy atom. The first-order valence-electron chi connectivity index (χ1n) is 6.42. The lowest BCUT2D eigenvalue weighted by atomic mass is 10.3. The maximum absolute atomic E-state index is 11.7. The quantitative estimate of drug-likeness (QED) is 0.550. The normalized spacial score (nSPS) is 11.8. The summed E-state index contributed by atoms with van der Waals surface area (Å²) in [4.78, 5) is 35.4. The second-order valence-corrected chi connectivity index (χ2v) is 4.01. The van der Waals surface area contributed by atoms with Gasteiger partial charge >= 0.3 is 18.0 Å². The smallest absolute Gasteiger partial charge is 0.331 e. The van der Waals surface area contributed by atoms with E-state index < -0.39 is 11.9 Å². The molecule has 0 spiro atoms. The molecule has 7 heteroatoms. The number of methoxy groups -OCH3 is 1. The van der Waals surface area contributed by atoms with Crippen molar-refractivity contribution in [3.8, 4) is 0 Å². The molecule has 0 aromatic carbocycles. The summed E-state index contributed by atoms with van der Waals surface area (Å²) in [5.74, 6) is -1.30. The van der Waals surface area contributed by atoms with Crippen LogP contribution in [-0.2, 0) is 19.1 Å². The molecule has 0 unspecified atom stereocenters. The molecular weight excluding hydrogens is 264 g/mol. The van der Waals surface area contributed by atoms with Gasteiger partial charge in [-0.2, -0.15) is 0 Å². The van der Waals surface area contributed by atoms with Gasteiger partial charge in [0.2, 0.25) is 0 Å². The minimum absolute atomic E-state index is 0.0252. The molecule has 0 aliphatic carbocycles. The zero-order valence-electron chi connectivity index (χ0n) is 12.3. The molecule has 0 heterocycles. The number of ether oxygens (including phenoxy) is 2. The van der Waals surface area contributed by atoms with Gasteiger partial charge in [0.25, 0.3) is 0 Å². The Morgan fingerprint density at radius 3 is 2.20 bits per heavy atom. The summed E-state index contributed by atoms with van der Waals surface area (Å²) >= 11 is 0. The minimum atomic E-state index is -0.667. The van der Waals surface area contributed by atoms with Crippen LogP contribution in [0.25, 0.3) is 0 Å². The van der Waals surface area contributed by atoms with Gasteiger partial charge in [0.15, 0.2) is 0 Å². The molecule has 0 saturated carbocycles. The van der Waals surface area contributed by atoms with Crippen LogP contribution in [0.4, 0.5) is 4.79 Å². The molecule has 1 N–H and O–H groups in total. The van der Waals surface area contributed by atoms with Crippen LogP contribution in [0.15, 0.2) is 12.2 Å². The van der Waals surface area contributed by atoms with E-state index in [1.54, 1.807) is 11.8 Å². The number of carbonyl (C=O) groups excluding carboxylic acids is 3. The number of nitrogens with one attached hydrogen (secondary N) is 1. The second kappa shape index (κ2) is 9.82. The van der Waals surface area contributed by atoms with Crippen LogP contribution in [0.2, 0.25) is 0 Å². The van der Waals surface area contributed by atoms with Gasteiger partial charge in [-0.15, -0.1) is 0 Å². The predicted octanol–water partition coefficient (Wildman–Crippen LogP) is 0.699. The first kappa shape index (κ1) is 17.9. The predicted molar refractivity (Wildman–Crippen MR) is 73.0 cm³/mol. The highest BCUT2D eigenvalue weighted by molar-refractivity contribution is 5.91. The van der Waals surface area contributed by atoms with Crippen LogP contribution in [0.1, 0.15) is 20.8 Å². The average Bonchev–Trinajstić information content (AvgIpc) is 2.43. The Labute approximate surface area is 118 Å². The summed E-state index contributed by atoms with van der Waals surface area (Å²) in [6.07, 6.45) is 1.95. The highest BCUT2D eigenvalue weighted by Crippen LogP contribution is 1.93. The van der Waals surface area contributed by atoms with Gasteiger partial charge in [-0.05, 0) is 20.8 Å². The van der Waals surface area contributed by atoms with E-state index in [2.05, 4.69) is 10.1 Å². The summed E-state index contributed by atoms with van der Waals surface area (Å²) in [7, 11) is 1.21. The number of hydrogen-bond acceptors (Lipinski definition) is 5. The van der Waals surface area contributed by atoms with Crippen molar-refractivity contribution < 1.29 is 23.9 Å². The topological polar surface area (TPSA) is 84.9 Å². The standard InChI is InChI=1S/C13H22N2O5/c1-5-15(6-2)13(18)14-10(3)9-20-12(17)8-7-11(16)19-4/h7-8,10H,5-6,9H2,1-4H3,(H,14,18)/b8-7+/t10-/m0/s1. The number of esters is 2. The van der Waals surface area contributed by atoms with E-state index in [9.17, 15) is 14.4 Å². The summed E-state index contributed by atoms with van der Waals surface area (Å²) in [6, 6.07) is -0.526. The van der Waals surface area contributed by atoms with Crippen molar-refractivity contribution in [2.24, 2.45) is 0 Å². The molecule has 0 aromatic rings. The third kappa shape index (κ3) is 7.40. The SMILES string of the molecule is CCN(CC)C(=O)N[C@@H](C)COC(=O)/C=C/C(=O)OC. The fourth-order valence-electron chi connectivity index (χ4n) is 1.31. The number of amides is 2. The Bertz CT molecular complexity index is 364. The van der Waals surface area contributed by atoms with Crippen LogP contribution in [0.5, 0.6) is 0 Å². The molecule has 0 aromatic heterocycles. The molecule has 0 saturated heterocycles. The van der Waals surface area contributed by atoms with Crippen LogP contribution in [-0.4, -0.2) is 55.7 Å². The molecule has 0 bridgehead atoms. The molecule has 2 amide bonds. The van der Waals surface area contributed by atoms with Gasteiger partial charge in [-0.1, -0.05) is 0 Å². The monoisotopic (exact) mass is 286 g/mol. The van der Waals surface area contributed by atoms with E-state index in [0.29, 0.717) is 13.1 Å². The largest absolute Gasteiger partial charge is 0.466 e. The number of rotatable bonds is 7. The first-order chi connectivity index (χ1) is 9.44. The molecule has 0 aliphatic heterocycles. The fraction of sp³-hybridized carbons (Fsp3) is 0.615. The van der Waals surface area contributed by atoms with Gasteiger partial charge < -0.3 is 19.7 Å². The van der Waals surface area contributed by atoms with Crippen LogP contribution in [0.3, 0.4) is 0 Å². The van der Waals surface area contributed by atoms with Crippen LogP contribution < -0.4 is 5.32 Å². The molecule has 7 nitrogen and oxygen atoms in total. The highest BCUT2D eigenvalue weighted by atomic mass is 16.5. The van der Waals surface area contributed by atoms with E-state index >= 15 is 0 Å². The van der Waals surface area contributed by atoms with Crippen molar-refractivity contribution in [1.82, 2.24) is 10.2 Å². The Balaban J connectivity index is 4.07. The summed E-state index contributed by atoms with van der Waals surface area (Å²) < 4.78 is 9.21. The zero-order chi connectivity index (χ0) is 15.5. The van der Waals surface area contributed by atoms with Crippen molar-refractivity contribution >= 4 is 18.0 Å². The van der Waals surface area contributed by atoms with E-state index in [4.69, 9.17) is 4.74 Å². The lowest BCUT2D eigenvalue weighted by molar-refractivity contribution is -0.139. The van der Waals surface area contributed by atoms with E-state index in [-0.39, 0.29) is 18.7 Å². The minimum Gasteiger partial charge on any atom is -0.466 e. The third-order valence-corrected chi connectivity index (χ3v) is 2.45. The molecule has 114 valence electrons. The highest BCUT2D eigenvalue weighted by Gasteiger charge is 2.13. The van der Waals surface area contributed by atoms with Crippen LogP contribution >= 0.6 is 0 Å². The van der Waals surface area contributed by atoms with Crippen molar-refractivity contribution in [3.05, 3.63) is 12.2 Å². The van der Waals surface area contributed by atoms with Crippen molar-refractivity contribution in [2.75, 3.05) is 26.8 Å². The molecule has 0 aliphatic rings. The second-order valence-electron chi connectivity index (χ2n) is 4.01. The number of hydrogen-bond donors (Lipinski definition) is 1. The summed E-state index contributed by atoms with van der Waals surface area (Å²) in [5, 5.41) is 2.71.